The molecule has 5 heteroatoms. The first kappa shape index (κ1) is 18.9. The molecule has 5 rings (SSSR count). The average molecular weight is 402 g/mol. The number of imide groups is 1. The molecule has 2 aromatic carbocycles. The van der Waals surface area contributed by atoms with E-state index in [4.69, 9.17) is 4.74 Å². The van der Waals surface area contributed by atoms with Crippen molar-refractivity contribution in [2.24, 2.45) is 11.8 Å². The van der Waals surface area contributed by atoms with Gasteiger partial charge in [-0.3, -0.25) is 14.5 Å². The standard InChI is InChI=1S/C25H26N2O3/c28-24-20-8-4-5-9-21(20)25(29)27(24)13-12-18-15-26-23-11-10-19(14-22(18)23)30-16-17-6-2-1-3-7-17/h1-3,6-7,10-11,14-15,20-21,26H,4-5,8-9,12-13,16H2/t20-,21+. The molecule has 1 saturated carbocycles. The van der Waals surface area contributed by atoms with Crippen LogP contribution in [0.2, 0.25) is 0 Å². The summed E-state index contributed by atoms with van der Waals surface area (Å²) in [4.78, 5) is 30.3. The van der Waals surface area contributed by atoms with Crippen LogP contribution >= 0.6 is 0 Å². The molecule has 0 spiro atoms. The van der Waals surface area contributed by atoms with Crippen molar-refractivity contribution in [1.29, 1.82) is 0 Å². The van der Waals surface area contributed by atoms with Crippen LogP contribution < -0.4 is 4.74 Å². The van der Waals surface area contributed by atoms with E-state index in [0.29, 0.717) is 19.6 Å². The Kier molecular flexibility index (Phi) is 5.03. The first-order valence-corrected chi connectivity index (χ1v) is 10.8. The summed E-state index contributed by atoms with van der Waals surface area (Å²) in [5.41, 5.74) is 3.26. The van der Waals surface area contributed by atoms with Crippen LogP contribution in [-0.2, 0) is 22.6 Å². The minimum absolute atomic E-state index is 0.0384. The minimum atomic E-state index is -0.0767. The zero-order valence-electron chi connectivity index (χ0n) is 17.0. The molecule has 3 aromatic rings. The topological polar surface area (TPSA) is 62.4 Å². The quantitative estimate of drug-likeness (QED) is 0.619. The Labute approximate surface area is 176 Å². The predicted molar refractivity (Wildman–Crippen MR) is 115 cm³/mol. The number of hydrogen-bond acceptors (Lipinski definition) is 3. The van der Waals surface area contributed by atoms with Gasteiger partial charge >= 0.3 is 0 Å². The molecule has 5 nitrogen and oxygen atoms in total. The van der Waals surface area contributed by atoms with Crippen LogP contribution in [0.3, 0.4) is 0 Å². The third-order valence-corrected chi connectivity index (χ3v) is 6.52. The first-order valence-electron chi connectivity index (χ1n) is 10.8. The highest BCUT2D eigenvalue weighted by Gasteiger charge is 2.47. The van der Waals surface area contributed by atoms with Crippen molar-refractivity contribution in [3.8, 4) is 5.75 Å². The van der Waals surface area contributed by atoms with Crippen molar-refractivity contribution in [1.82, 2.24) is 9.88 Å². The number of amides is 2. The molecule has 1 saturated heterocycles. The monoisotopic (exact) mass is 402 g/mol. The number of benzene rings is 2. The number of H-pyrrole nitrogens is 1. The molecule has 1 N–H and O–H groups in total. The van der Waals surface area contributed by atoms with E-state index in [2.05, 4.69) is 4.98 Å². The van der Waals surface area contributed by atoms with Crippen molar-refractivity contribution in [2.75, 3.05) is 6.54 Å². The van der Waals surface area contributed by atoms with Crippen LogP contribution in [0.1, 0.15) is 36.8 Å². The number of hydrogen-bond donors (Lipinski definition) is 1. The molecule has 2 heterocycles. The van der Waals surface area contributed by atoms with Gasteiger partial charge < -0.3 is 9.72 Å². The van der Waals surface area contributed by atoms with Gasteiger partial charge in [0.25, 0.3) is 0 Å². The maximum atomic E-state index is 12.7. The Balaban J connectivity index is 1.29. The molecule has 154 valence electrons. The van der Waals surface area contributed by atoms with Crippen LogP contribution in [0.4, 0.5) is 0 Å². The minimum Gasteiger partial charge on any atom is -0.489 e. The molecule has 2 fully saturated rings. The van der Waals surface area contributed by atoms with Gasteiger partial charge in [0, 0.05) is 23.6 Å². The normalized spacial score (nSPS) is 21.3. The fourth-order valence-corrected chi connectivity index (χ4v) is 4.88. The lowest BCUT2D eigenvalue weighted by Crippen LogP contribution is -2.33. The van der Waals surface area contributed by atoms with Gasteiger partial charge in [-0.1, -0.05) is 43.2 Å². The maximum Gasteiger partial charge on any atom is 0.233 e. The summed E-state index contributed by atoms with van der Waals surface area (Å²) in [7, 11) is 0. The highest BCUT2D eigenvalue weighted by molar-refractivity contribution is 6.05. The van der Waals surface area contributed by atoms with Gasteiger partial charge in [-0.2, -0.15) is 0 Å². The lowest BCUT2D eigenvalue weighted by Gasteiger charge is -2.19. The number of aromatic amines is 1. The highest BCUT2D eigenvalue weighted by Crippen LogP contribution is 2.38. The van der Waals surface area contributed by atoms with E-state index in [1.165, 1.54) is 4.90 Å². The number of ether oxygens (including phenoxy) is 1. The van der Waals surface area contributed by atoms with Gasteiger partial charge in [-0.05, 0) is 48.6 Å². The molecule has 0 unspecified atom stereocenters. The molecule has 2 aliphatic rings. The lowest BCUT2D eigenvalue weighted by atomic mass is 9.81. The second-order valence-corrected chi connectivity index (χ2v) is 8.37. The second kappa shape index (κ2) is 7.98. The van der Waals surface area contributed by atoms with Crippen molar-refractivity contribution >= 4 is 22.7 Å². The lowest BCUT2D eigenvalue weighted by molar-refractivity contribution is -0.139. The second-order valence-electron chi connectivity index (χ2n) is 8.37. The Morgan fingerprint density at radius 2 is 1.70 bits per heavy atom. The van der Waals surface area contributed by atoms with Crippen LogP contribution in [-0.4, -0.2) is 28.2 Å². The van der Waals surface area contributed by atoms with Crippen molar-refractivity contribution in [3.05, 3.63) is 65.9 Å². The van der Waals surface area contributed by atoms with E-state index in [1.807, 2.05) is 54.7 Å². The number of rotatable bonds is 6. The molecule has 2 atom stereocenters. The van der Waals surface area contributed by atoms with Crippen LogP contribution in [0.25, 0.3) is 10.9 Å². The van der Waals surface area contributed by atoms with E-state index in [0.717, 1.165) is 53.5 Å². The van der Waals surface area contributed by atoms with Crippen molar-refractivity contribution in [3.63, 3.8) is 0 Å². The van der Waals surface area contributed by atoms with Gasteiger partial charge in [-0.25, -0.2) is 0 Å². The number of carbonyl (C=O) groups excluding carboxylic acids is 2. The summed E-state index contributed by atoms with van der Waals surface area (Å²) in [6.45, 7) is 0.971. The Hall–Kier alpha value is -3.08. The number of aromatic nitrogens is 1. The average Bonchev–Trinajstić information content (AvgIpc) is 3.30. The molecular formula is C25H26N2O3. The number of carbonyl (C=O) groups is 2. The number of nitrogens with zero attached hydrogens (tertiary/aromatic N) is 1. The fourth-order valence-electron chi connectivity index (χ4n) is 4.88. The molecule has 1 aliphatic heterocycles. The Morgan fingerprint density at radius 1 is 0.967 bits per heavy atom. The van der Waals surface area contributed by atoms with E-state index in [1.54, 1.807) is 0 Å². The summed E-state index contributed by atoms with van der Waals surface area (Å²) in [6.07, 6.45) is 6.47. The van der Waals surface area contributed by atoms with E-state index >= 15 is 0 Å². The van der Waals surface area contributed by atoms with Crippen LogP contribution in [0.15, 0.2) is 54.7 Å². The summed E-state index contributed by atoms with van der Waals surface area (Å²) < 4.78 is 5.97. The smallest absolute Gasteiger partial charge is 0.233 e. The maximum absolute atomic E-state index is 12.7. The van der Waals surface area contributed by atoms with Gasteiger partial charge in [0.05, 0.1) is 11.8 Å². The van der Waals surface area contributed by atoms with Crippen molar-refractivity contribution < 1.29 is 14.3 Å². The molecule has 0 bridgehead atoms. The highest BCUT2D eigenvalue weighted by atomic mass is 16.5. The van der Waals surface area contributed by atoms with Gasteiger partial charge in [0.15, 0.2) is 0 Å². The summed E-state index contributed by atoms with van der Waals surface area (Å²) >= 11 is 0. The van der Waals surface area contributed by atoms with E-state index in [9.17, 15) is 9.59 Å². The van der Waals surface area contributed by atoms with Gasteiger partial charge in [-0.15, -0.1) is 0 Å². The molecule has 2 amide bonds. The predicted octanol–water partition coefficient (Wildman–Crippen LogP) is 4.46. The van der Waals surface area contributed by atoms with E-state index < -0.39 is 0 Å². The largest absolute Gasteiger partial charge is 0.489 e. The third kappa shape index (κ3) is 3.49. The third-order valence-electron chi connectivity index (χ3n) is 6.52. The van der Waals surface area contributed by atoms with Gasteiger partial charge in [0.2, 0.25) is 11.8 Å². The van der Waals surface area contributed by atoms with Gasteiger partial charge in [0.1, 0.15) is 12.4 Å². The molecule has 30 heavy (non-hydrogen) atoms. The Bertz CT molecular complexity index is 1050. The van der Waals surface area contributed by atoms with Crippen LogP contribution in [0, 0.1) is 11.8 Å². The Morgan fingerprint density at radius 3 is 2.43 bits per heavy atom. The number of nitrogens with one attached hydrogen (secondary N) is 1. The number of fused-ring (bicyclic) bond motifs is 2. The zero-order valence-corrected chi connectivity index (χ0v) is 17.0. The first-order chi connectivity index (χ1) is 14.7. The zero-order chi connectivity index (χ0) is 20.5. The SMILES string of the molecule is O=C1[C@H]2CCCC[C@H]2C(=O)N1CCc1c[nH]c2ccc(OCc3ccccc3)cc12. The fraction of sp³-hybridized carbons (Fsp3) is 0.360. The summed E-state index contributed by atoms with van der Waals surface area (Å²) in [6, 6.07) is 16.1. The molecule has 1 aliphatic carbocycles. The molecule has 1 aromatic heterocycles. The molecule has 0 radical (unpaired) electrons. The van der Waals surface area contributed by atoms with E-state index in [-0.39, 0.29) is 23.7 Å². The number of likely N-dealkylation sites (tertiary alicyclic amines) is 1. The molecular weight excluding hydrogens is 376 g/mol. The summed E-state index contributed by atoms with van der Waals surface area (Å²) in [5.74, 6) is 0.735. The summed E-state index contributed by atoms with van der Waals surface area (Å²) in [5, 5.41) is 1.08. The van der Waals surface area contributed by atoms with Crippen LogP contribution in [0.5, 0.6) is 5.75 Å². The van der Waals surface area contributed by atoms with Crippen molar-refractivity contribution in [2.45, 2.75) is 38.7 Å².